The summed E-state index contributed by atoms with van der Waals surface area (Å²) in [6.45, 7) is 6.48. The normalized spacial score (nSPS) is 11.1. The second-order valence-corrected chi connectivity index (χ2v) is 7.91. The molecule has 2 aromatic heterocycles. The summed E-state index contributed by atoms with van der Waals surface area (Å²) >= 11 is 1.73. The molecule has 0 spiro atoms. The van der Waals surface area contributed by atoms with E-state index in [0.717, 1.165) is 29.9 Å². The Kier molecular flexibility index (Phi) is 9.57. The number of guanidine groups is 1. The molecule has 2 heterocycles. The van der Waals surface area contributed by atoms with Crippen molar-refractivity contribution in [2.45, 2.75) is 26.9 Å². The fourth-order valence-corrected chi connectivity index (χ4v) is 3.31. The predicted octanol–water partition coefficient (Wildman–Crippen LogP) is 3.77. The molecule has 0 unspecified atom stereocenters. The zero-order chi connectivity index (χ0) is 20.6. The predicted molar refractivity (Wildman–Crippen MR) is 133 cm³/mol. The minimum Gasteiger partial charge on any atom is -0.492 e. The van der Waals surface area contributed by atoms with Gasteiger partial charge in [-0.05, 0) is 37.4 Å². The molecular formula is C21H29IN6OS. The third-order valence-corrected chi connectivity index (χ3v) is 5.51. The van der Waals surface area contributed by atoms with Crippen LogP contribution < -0.4 is 10.1 Å². The molecule has 0 fully saturated rings. The van der Waals surface area contributed by atoms with Gasteiger partial charge < -0.3 is 19.5 Å². The smallest absolute Gasteiger partial charge is 0.194 e. The van der Waals surface area contributed by atoms with Crippen LogP contribution in [0, 0.1) is 13.8 Å². The first-order valence-corrected chi connectivity index (χ1v) is 10.5. The van der Waals surface area contributed by atoms with Gasteiger partial charge in [0.25, 0.3) is 0 Å². The number of hydrogen-bond acceptors (Lipinski definition) is 5. The highest BCUT2D eigenvalue weighted by Crippen LogP contribution is 2.11. The Morgan fingerprint density at radius 1 is 1.20 bits per heavy atom. The van der Waals surface area contributed by atoms with Crippen LogP contribution in [0.3, 0.4) is 0 Å². The van der Waals surface area contributed by atoms with Crippen molar-refractivity contribution in [2.75, 3.05) is 20.2 Å². The number of halogens is 1. The van der Waals surface area contributed by atoms with Gasteiger partial charge in [0.15, 0.2) is 11.8 Å². The second-order valence-electron chi connectivity index (χ2n) is 6.88. The van der Waals surface area contributed by atoms with Crippen LogP contribution in [0.1, 0.15) is 22.1 Å². The van der Waals surface area contributed by atoms with Crippen LogP contribution in [0.2, 0.25) is 0 Å². The fourth-order valence-electron chi connectivity index (χ4n) is 2.67. The van der Waals surface area contributed by atoms with E-state index in [4.69, 9.17) is 9.73 Å². The van der Waals surface area contributed by atoms with Crippen LogP contribution in [0.25, 0.3) is 0 Å². The summed E-state index contributed by atoms with van der Waals surface area (Å²) in [4.78, 5) is 8.10. The van der Waals surface area contributed by atoms with Gasteiger partial charge in [-0.2, -0.15) is 0 Å². The van der Waals surface area contributed by atoms with Gasteiger partial charge >= 0.3 is 0 Å². The van der Waals surface area contributed by atoms with Crippen molar-refractivity contribution in [2.24, 2.45) is 12.0 Å². The number of aryl methyl sites for hydroxylation is 2. The largest absolute Gasteiger partial charge is 0.492 e. The molecule has 9 heteroatoms. The number of aliphatic imine (C=N–C) groups is 1. The fraction of sp³-hybridized carbons (Fsp3) is 0.381. The van der Waals surface area contributed by atoms with E-state index in [1.54, 1.807) is 11.3 Å². The van der Waals surface area contributed by atoms with E-state index < -0.39 is 0 Å². The zero-order valence-electron chi connectivity index (χ0n) is 17.8. The molecule has 30 heavy (non-hydrogen) atoms. The Labute approximate surface area is 199 Å². The Hall–Kier alpha value is -2.14. The molecule has 0 radical (unpaired) electrons. The molecule has 0 bridgehead atoms. The van der Waals surface area contributed by atoms with Gasteiger partial charge in [0.2, 0.25) is 0 Å². The summed E-state index contributed by atoms with van der Waals surface area (Å²) in [5.41, 5.74) is 1.22. The molecule has 0 aliphatic carbocycles. The average molecular weight is 540 g/mol. The molecule has 0 aliphatic rings. The highest BCUT2D eigenvalue weighted by molar-refractivity contribution is 14.0. The highest BCUT2D eigenvalue weighted by Gasteiger charge is 2.10. The highest BCUT2D eigenvalue weighted by atomic mass is 127. The van der Waals surface area contributed by atoms with Crippen LogP contribution >= 0.6 is 35.3 Å². The van der Waals surface area contributed by atoms with Gasteiger partial charge in [-0.15, -0.1) is 45.5 Å². The van der Waals surface area contributed by atoms with Crippen molar-refractivity contribution in [3.8, 4) is 5.75 Å². The molecule has 0 aliphatic heterocycles. The summed E-state index contributed by atoms with van der Waals surface area (Å²) in [6, 6.07) is 12.3. The summed E-state index contributed by atoms with van der Waals surface area (Å²) in [5.74, 6) is 3.40. The first-order chi connectivity index (χ1) is 14.0. The van der Waals surface area contributed by atoms with Crippen molar-refractivity contribution in [3.63, 3.8) is 0 Å². The molecule has 1 aromatic carbocycles. The molecule has 0 saturated carbocycles. The number of likely N-dealkylation sites (N-methyl/N-ethyl adjacent to an activating group) is 1. The van der Waals surface area contributed by atoms with Crippen molar-refractivity contribution < 1.29 is 4.74 Å². The van der Waals surface area contributed by atoms with E-state index in [1.807, 2.05) is 37.7 Å². The molecule has 0 amide bonds. The van der Waals surface area contributed by atoms with Gasteiger partial charge in [0.1, 0.15) is 24.7 Å². The van der Waals surface area contributed by atoms with Crippen molar-refractivity contribution in [3.05, 3.63) is 63.9 Å². The van der Waals surface area contributed by atoms with Crippen molar-refractivity contribution in [1.29, 1.82) is 0 Å². The third-order valence-electron chi connectivity index (χ3n) is 4.63. The van der Waals surface area contributed by atoms with E-state index in [0.29, 0.717) is 19.7 Å². The van der Waals surface area contributed by atoms with Crippen LogP contribution in [0.15, 0.2) is 46.8 Å². The molecule has 3 aromatic rings. The Balaban J connectivity index is 0.00000320. The summed E-state index contributed by atoms with van der Waals surface area (Å²) in [5, 5.41) is 13.8. The lowest BCUT2D eigenvalue weighted by atomic mass is 10.2. The monoisotopic (exact) mass is 540 g/mol. The number of aromatic nitrogens is 3. The number of rotatable bonds is 8. The molecule has 0 atom stereocenters. The van der Waals surface area contributed by atoms with E-state index in [9.17, 15) is 0 Å². The Morgan fingerprint density at radius 2 is 1.97 bits per heavy atom. The lowest BCUT2D eigenvalue weighted by molar-refractivity contribution is 0.281. The van der Waals surface area contributed by atoms with Crippen LogP contribution in [-0.2, 0) is 20.1 Å². The number of thiophene rings is 1. The van der Waals surface area contributed by atoms with Gasteiger partial charge in [-0.25, -0.2) is 4.99 Å². The van der Waals surface area contributed by atoms with Gasteiger partial charge in [0.05, 0.1) is 13.1 Å². The molecule has 7 nitrogen and oxygen atoms in total. The number of nitrogens with zero attached hydrogens (tertiary/aromatic N) is 5. The third kappa shape index (κ3) is 6.98. The van der Waals surface area contributed by atoms with E-state index in [1.165, 1.54) is 10.4 Å². The summed E-state index contributed by atoms with van der Waals surface area (Å²) < 4.78 is 7.83. The first kappa shape index (κ1) is 24.1. The topological polar surface area (TPSA) is 67.6 Å². The maximum atomic E-state index is 5.87. The summed E-state index contributed by atoms with van der Waals surface area (Å²) in [6.07, 6.45) is 0. The molecule has 3 rings (SSSR count). The summed E-state index contributed by atoms with van der Waals surface area (Å²) in [7, 11) is 3.97. The van der Waals surface area contributed by atoms with Crippen molar-refractivity contribution in [1.82, 2.24) is 25.0 Å². The minimum atomic E-state index is 0. The van der Waals surface area contributed by atoms with Gasteiger partial charge in [-0.3, -0.25) is 0 Å². The average Bonchev–Trinajstić information content (AvgIpc) is 3.34. The van der Waals surface area contributed by atoms with Crippen molar-refractivity contribution >= 4 is 41.3 Å². The van der Waals surface area contributed by atoms with Crippen LogP contribution in [-0.4, -0.2) is 45.8 Å². The molecule has 0 saturated heterocycles. The maximum Gasteiger partial charge on any atom is 0.194 e. The zero-order valence-corrected chi connectivity index (χ0v) is 21.0. The van der Waals surface area contributed by atoms with Crippen LogP contribution in [0.5, 0.6) is 5.75 Å². The quantitative estimate of drug-likeness (QED) is 0.268. The number of nitrogens with one attached hydrogen (secondary N) is 1. The van der Waals surface area contributed by atoms with E-state index in [-0.39, 0.29) is 24.0 Å². The number of ether oxygens (including phenoxy) is 1. The van der Waals surface area contributed by atoms with Gasteiger partial charge in [0, 0.05) is 19.0 Å². The number of hydrogen-bond donors (Lipinski definition) is 1. The molecule has 1 N–H and O–H groups in total. The number of benzene rings is 1. The Bertz CT molecular complexity index is 924. The molecule has 162 valence electrons. The lowest BCUT2D eigenvalue weighted by Gasteiger charge is -2.22. The van der Waals surface area contributed by atoms with E-state index in [2.05, 4.69) is 57.0 Å². The SMILES string of the molecule is Cc1ccc(OCCN(C)C(=NCc2nnc(C)n2C)NCc2cccs2)cc1.I. The maximum absolute atomic E-state index is 5.87. The standard InChI is InChI=1S/C21H28N6OS.HI/c1-16-7-9-18(10-8-16)28-12-11-26(3)21(22-14-19-6-5-13-29-19)23-15-20-25-24-17(2)27(20)4;/h5-10,13H,11-12,14-15H2,1-4H3,(H,22,23);1H. The van der Waals surface area contributed by atoms with Gasteiger partial charge in [-0.1, -0.05) is 23.8 Å². The van der Waals surface area contributed by atoms with E-state index >= 15 is 0 Å². The first-order valence-electron chi connectivity index (χ1n) is 9.59. The lowest BCUT2D eigenvalue weighted by Crippen LogP contribution is -2.40. The van der Waals surface area contributed by atoms with Crippen LogP contribution in [0.4, 0.5) is 0 Å². The second kappa shape index (κ2) is 11.9. The minimum absolute atomic E-state index is 0. The molecular weight excluding hydrogens is 511 g/mol. The Morgan fingerprint density at radius 3 is 2.60 bits per heavy atom.